The number of pyridine rings is 1. The number of fused-ring (bicyclic) bond motifs is 1. The van der Waals surface area contributed by atoms with Crippen molar-refractivity contribution in [1.82, 2.24) is 19.9 Å². The van der Waals surface area contributed by atoms with Crippen LogP contribution in [0.15, 0.2) is 42.1 Å². The van der Waals surface area contributed by atoms with Crippen LogP contribution in [0.2, 0.25) is 0 Å². The molecule has 0 radical (unpaired) electrons. The monoisotopic (exact) mass is 367 g/mol. The minimum Gasteiger partial charge on any atom is -0.476 e. The highest BCUT2D eigenvalue weighted by molar-refractivity contribution is 7.18. The van der Waals surface area contributed by atoms with Crippen LogP contribution in [-0.2, 0) is 4.84 Å². The second-order valence-electron chi connectivity index (χ2n) is 5.65. The summed E-state index contributed by atoms with van der Waals surface area (Å²) in [6.07, 6.45) is 8.61. The van der Waals surface area contributed by atoms with Gasteiger partial charge in [0.05, 0.1) is 17.7 Å². The summed E-state index contributed by atoms with van der Waals surface area (Å²) in [6, 6.07) is 3.88. The van der Waals surface area contributed by atoms with Crippen molar-refractivity contribution >= 4 is 17.0 Å². The van der Waals surface area contributed by atoms with E-state index in [0.29, 0.717) is 31.2 Å². The molecule has 0 saturated heterocycles. The Balaban J connectivity index is 1.66. The number of nitrogens with zero attached hydrogens (tertiary/aromatic N) is 5. The molecule has 0 unspecified atom stereocenters. The molecule has 3 aromatic rings. The molecule has 0 spiro atoms. The average Bonchev–Trinajstić information content (AvgIpc) is 3.19. The molecule has 0 N–H and O–H groups in total. The van der Waals surface area contributed by atoms with Crippen molar-refractivity contribution in [1.29, 1.82) is 0 Å². The van der Waals surface area contributed by atoms with E-state index in [1.807, 2.05) is 19.1 Å². The van der Waals surface area contributed by atoms with Crippen molar-refractivity contribution in [2.45, 2.75) is 19.8 Å². The third-order valence-corrected chi connectivity index (χ3v) is 4.80. The van der Waals surface area contributed by atoms with Gasteiger partial charge in [-0.1, -0.05) is 12.1 Å². The first-order chi connectivity index (χ1) is 12.8. The highest BCUT2D eigenvalue weighted by Gasteiger charge is 2.22. The predicted octanol–water partition coefficient (Wildman–Crippen LogP) is 3.58. The number of ether oxygens (including phenoxy) is 1. The van der Waals surface area contributed by atoms with Gasteiger partial charge >= 0.3 is 0 Å². The van der Waals surface area contributed by atoms with Gasteiger partial charge in [0.1, 0.15) is 23.0 Å². The van der Waals surface area contributed by atoms with Gasteiger partial charge in [-0.25, -0.2) is 15.0 Å². The highest BCUT2D eigenvalue weighted by atomic mass is 32.1. The van der Waals surface area contributed by atoms with Crippen molar-refractivity contribution in [3.63, 3.8) is 0 Å². The molecule has 3 aromatic heterocycles. The van der Waals surface area contributed by atoms with Gasteiger partial charge in [-0.3, -0.25) is 4.98 Å². The molecule has 0 atom stereocenters. The smallest absolute Gasteiger partial charge is 0.242 e. The summed E-state index contributed by atoms with van der Waals surface area (Å²) in [4.78, 5) is 24.0. The van der Waals surface area contributed by atoms with E-state index in [2.05, 4.69) is 20.1 Å². The van der Waals surface area contributed by atoms with Gasteiger partial charge in [0.15, 0.2) is 5.69 Å². The molecule has 0 fully saturated rings. The molecule has 7 nitrogen and oxygen atoms in total. The van der Waals surface area contributed by atoms with E-state index in [4.69, 9.17) is 14.6 Å². The van der Waals surface area contributed by atoms with Crippen LogP contribution in [0.4, 0.5) is 0 Å². The summed E-state index contributed by atoms with van der Waals surface area (Å²) in [5, 5.41) is 5.11. The Labute approximate surface area is 154 Å². The molecule has 1 aliphatic rings. The minimum absolute atomic E-state index is 0.496. The number of rotatable bonds is 5. The van der Waals surface area contributed by atoms with Gasteiger partial charge in [-0.2, -0.15) is 0 Å². The lowest BCUT2D eigenvalue weighted by atomic mass is 10.1. The second-order valence-corrected chi connectivity index (χ2v) is 6.68. The first-order valence-electron chi connectivity index (χ1n) is 8.41. The summed E-state index contributed by atoms with van der Waals surface area (Å²) < 4.78 is 5.59. The molecule has 0 bridgehead atoms. The minimum atomic E-state index is 0.496. The zero-order valence-electron chi connectivity index (χ0n) is 14.3. The van der Waals surface area contributed by atoms with Crippen molar-refractivity contribution in [2.24, 2.45) is 5.16 Å². The number of hydrogen-bond donors (Lipinski definition) is 0. The van der Waals surface area contributed by atoms with Crippen LogP contribution in [0.1, 0.15) is 25.5 Å². The third kappa shape index (κ3) is 3.41. The Bertz CT molecular complexity index is 926. The standard InChI is InChI=1S/C18H17N5O2S/c1-2-7-25-23-13-5-8-24-17-16(13)22-14(10-20-17)15-11-21-18(26-15)12-4-3-6-19-9-12/h3-4,6,9-11H,2,5,7-8H2,1H3/b23-13+. The molecule has 26 heavy (non-hydrogen) atoms. The van der Waals surface area contributed by atoms with Gasteiger partial charge in [0, 0.05) is 30.6 Å². The molecule has 8 heteroatoms. The average molecular weight is 367 g/mol. The Hall–Kier alpha value is -2.87. The fraction of sp³-hybridized carbons (Fsp3) is 0.278. The normalized spacial score (nSPS) is 14.7. The number of oxime groups is 1. The molecule has 4 heterocycles. The van der Waals surface area contributed by atoms with Crippen LogP contribution in [0, 0.1) is 0 Å². The maximum absolute atomic E-state index is 5.59. The highest BCUT2D eigenvalue weighted by Crippen LogP contribution is 2.32. The van der Waals surface area contributed by atoms with Crippen molar-refractivity contribution in [3.05, 3.63) is 42.6 Å². The fourth-order valence-electron chi connectivity index (χ4n) is 2.47. The van der Waals surface area contributed by atoms with Gasteiger partial charge < -0.3 is 9.57 Å². The molecule has 0 amide bonds. The molecule has 132 valence electrons. The second kappa shape index (κ2) is 7.57. The van der Waals surface area contributed by atoms with E-state index in [9.17, 15) is 0 Å². The van der Waals surface area contributed by atoms with Crippen LogP contribution in [-0.4, -0.2) is 38.9 Å². The molecule has 1 aliphatic heterocycles. The summed E-state index contributed by atoms with van der Waals surface area (Å²) in [5.41, 5.74) is 3.13. The summed E-state index contributed by atoms with van der Waals surface area (Å²) in [7, 11) is 0. The Kier molecular flexibility index (Phi) is 4.83. The van der Waals surface area contributed by atoms with Crippen molar-refractivity contribution in [2.75, 3.05) is 13.2 Å². The summed E-state index contributed by atoms with van der Waals surface area (Å²) in [6.45, 7) is 3.15. The van der Waals surface area contributed by atoms with Crippen molar-refractivity contribution < 1.29 is 9.57 Å². The van der Waals surface area contributed by atoms with Gasteiger partial charge in [-0.15, -0.1) is 11.3 Å². The summed E-state index contributed by atoms with van der Waals surface area (Å²) in [5.74, 6) is 0.496. The molecule has 0 aromatic carbocycles. The van der Waals surface area contributed by atoms with Crippen LogP contribution in [0.3, 0.4) is 0 Å². The lowest BCUT2D eigenvalue weighted by Gasteiger charge is -2.17. The number of hydrogen-bond acceptors (Lipinski definition) is 8. The third-order valence-electron chi connectivity index (χ3n) is 3.73. The number of aromatic nitrogens is 4. The molecular formula is C18H17N5O2S. The van der Waals surface area contributed by atoms with Crippen LogP contribution in [0.25, 0.3) is 21.1 Å². The maximum atomic E-state index is 5.59. The molecule has 4 rings (SSSR count). The maximum Gasteiger partial charge on any atom is 0.242 e. The van der Waals surface area contributed by atoms with E-state index in [1.54, 1.807) is 36.1 Å². The lowest BCUT2D eigenvalue weighted by molar-refractivity contribution is 0.143. The molecule has 0 saturated carbocycles. The van der Waals surface area contributed by atoms with Gasteiger partial charge in [0.2, 0.25) is 5.88 Å². The first kappa shape index (κ1) is 16.6. The van der Waals surface area contributed by atoms with Crippen LogP contribution >= 0.6 is 11.3 Å². The largest absolute Gasteiger partial charge is 0.476 e. The van der Waals surface area contributed by atoms with E-state index in [-0.39, 0.29) is 0 Å². The lowest BCUT2D eigenvalue weighted by Crippen LogP contribution is -2.19. The fourth-order valence-corrected chi connectivity index (χ4v) is 3.33. The zero-order chi connectivity index (χ0) is 17.8. The predicted molar refractivity (Wildman–Crippen MR) is 99.3 cm³/mol. The quantitative estimate of drug-likeness (QED) is 0.506. The molecular weight excluding hydrogens is 350 g/mol. The Morgan fingerprint density at radius 1 is 1.27 bits per heavy atom. The first-order valence-corrected chi connectivity index (χ1v) is 9.22. The Morgan fingerprint density at radius 2 is 2.23 bits per heavy atom. The zero-order valence-corrected chi connectivity index (χ0v) is 15.1. The molecule has 0 aliphatic carbocycles. The van der Waals surface area contributed by atoms with Crippen LogP contribution < -0.4 is 4.74 Å². The number of thiazole rings is 1. The van der Waals surface area contributed by atoms with Gasteiger partial charge in [-0.05, 0) is 18.6 Å². The van der Waals surface area contributed by atoms with E-state index in [0.717, 1.165) is 33.3 Å². The van der Waals surface area contributed by atoms with E-state index < -0.39 is 0 Å². The van der Waals surface area contributed by atoms with Gasteiger partial charge in [0.25, 0.3) is 0 Å². The van der Waals surface area contributed by atoms with Crippen LogP contribution in [0.5, 0.6) is 5.88 Å². The topological polar surface area (TPSA) is 82.4 Å². The van der Waals surface area contributed by atoms with Crippen molar-refractivity contribution in [3.8, 4) is 27.0 Å². The Morgan fingerprint density at radius 3 is 3.08 bits per heavy atom. The SMILES string of the molecule is CCCO/N=C1\CCOc2ncc(-c3cnc(-c4cccnc4)s3)nc21. The van der Waals surface area contributed by atoms with E-state index >= 15 is 0 Å². The summed E-state index contributed by atoms with van der Waals surface area (Å²) >= 11 is 1.55. The van der Waals surface area contributed by atoms with E-state index in [1.165, 1.54) is 0 Å².